The van der Waals surface area contributed by atoms with Gasteiger partial charge in [-0.15, -0.1) is 10.2 Å². The van der Waals surface area contributed by atoms with Gasteiger partial charge in [-0.1, -0.05) is 13.8 Å². The Bertz CT molecular complexity index is 557. The number of hydrogen-bond acceptors (Lipinski definition) is 6. The highest BCUT2D eigenvalue weighted by molar-refractivity contribution is 5.55. The Morgan fingerprint density at radius 2 is 1.89 bits per heavy atom. The summed E-state index contributed by atoms with van der Waals surface area (Å²) in [6.07, 6.45) is 0. The zero-order chi connectivity index (χ0) is 14.0. The molecule has 0 bridgehead atoms. The summed E-state index contributed by atoms with van der Waals surface area (Å²) in [5.74, 6) is 1.72. The van der Waals surface area contributed by atoms with E-state index in [9.17, 15) is 0 Å². The fourth-order valence-corrected chi connectivity index (χ4v) is 1.98. The summed E-state index contributed by atoms with van der Waals surface area (Å²) in [4.78, 5) is 8.75. The molecule has 0 atom stereocenters. The van der Waals surface area contributed by atoms with E-state index in [1.165, 1.54) is 0 Å². The number of hydrogen-bond donors (Lipinski definition) is 1. The maximum absolute atomic E-state index is 5.99. The molecule has 0 aromatic carbocycles. The molecular formula is C13H17N5O. The third kappa shape index (κ3) is 2.62. The van der Waals surface area contributed by atoms with E-state index in [-0.39, 0.29) is 5.92 Å². The number of nitrogens with zero attached hydrogens (tertiary/aromatic N) is 4. The standard InChI is InChI=1S/C13H17N5O/c1-7(2)11-8(3)15-13(16-12(11)14)9-5-6-10(19-4)18-17-9/h5-7H,1-4H3,(H2,14,15,16). The smallest absolute Gasteiger partial charge is 0.233 e. The fraction of sp³-hybridized carbons (Fsp3) is 0.385. The molecule has 0 unspecified atom stereocenters. The lowest BCUT2D eigenvalue weighted by atomic mass is 10.0. The Kier molecular flexibility index (Phi) is 3.59. The highest BCUT2D eigenvalue weighted by Gasteiger charge is 2.14. The molecule has 0 amide bonds. The molecule has 19 heavy (non-hydrogen) atoms. The molecule has 6 nitrogen and oxygen atoms in total. The van der Waals surface area contributed by atoms with Crippen molar-refractivity contribution in [3.63, 3.8) is 0 Å². The van der Waals surface area contributed by atoms with Gasteiger partial charge >= 0.3 is 0 Å². The van der Waals surface area contributed by atoms with E-state index in [0.29, 0.717) is 23.2 Å². The van der Waals surface area contributed by atoms with Gasteiger partial charge in [0.1, 0.15) is 11.5 Å². The quantitative estimate of drug-likeness (QED) is 0.906. The first-order valence-corrected chi connectivity index (χ1v) is 6.05. The van der Waals surface area contributed by atoms with Gasteiger partial charge in [0.25, 0.3) is 0 Å². The van der Waals surface area contributed by atoms with Crippen LogP contribution < -0.4 is 10.5 Å². The number of methoxy groups -OCH3 is 1. The minimum absolute atomic E-state index is 0.288. The Balaban J connectivity index is 2.45. The van der Waals surface area contributed by atoms with E-state index in [0.717, 1.165) is 11.3 Å². The molecule has 0 radical (unpaired) electrons. The van der Waals surface area contributed by atoms with Crippen molar-refractivity contribution in [2.45, 2.75) is 26.7 Å². The summed E-state index contributed by atoms with van der Waals surface area (Å²) < 4.78 is 4.96. The van der Waals surface area contributed by atoms with Crippen molar-refractivity contribution in [2.75, 3.05) is 12.8 Å². The number of aryl methyl sites for hydroxylation is 1. The van der Waals surface area contributed by atoms with Crippen molar-refractivity contribution in [3.05, 3.63) is 23.4 Å². The summed E-state index contributed by atoms with van der Waals surface area (Å²) in [6.45, 7) is 6.05. The molecule has 0 aliphatic rings. The van der Waals surface area contributed by atoms with Crippen molar-refractivity contribution in [3.8, 4) is 17.4 Å². The Morgan fingerprint density at radius 3 is 2.37 bits per heavy atom. The average molecular weight is 259 g/mol. The summed E-state index contributed by atoms with van der Waals surface area (Å²) >= 11 is 0. The molecule has 0 saturated carbocycles. The van der Waals surface area contributed by atoms with Crippen LogP contribution in [0.2, 0.25) is 0 Å². The highest BCUT2D eigenvalue weighted by Crippen LogP contribution is 2.25. The molecule has 2 rings (SSSR count). The number of aromatic nitrogens is 4. The van der Waals surface area contributed by atoms with Crippen molar-refractivity contribution < 1.29 is 4.74 Å². The first-order valence-electron chi connectivity index (χ1n) is 6.05. The summed E-state index contributed by atoms with van der Waals surface area (Å²) in [5, 5.41) is 7.92. The zero-order valence-electron chi connectivity index (χ0n) is 11.5. The Morgan fingerprint density at radius 1 is 1.16 bits per heavy atom. The Labute approximate surface area is 112 Å². The summed E-state index contributed by atoms with van der Waals surface area (Å²) in [6, 6.07) is 3.47. The molecular weight excluding hydrogens is 242 g/mol. The number of anilines is 1. The predicted octanol–water partition coefficient (Wildman–Crippen LogP) is 1.96. The van der Waals surface area contributed by atoms with E-state index in [2.05, 4.69) is 34.0 Å². The number of nitrogen functional groups attached to an aromatic ring is 1. The van der Waals surface area contributed by atoms with Gasteiger partial charge in [0.15, 0.2) is 5.82 Å². The van der Waals surface area contributed by atoms with Crippen molar-refractivity contribution in [2.24, 2.45) is 0 Å². The van der Waals surface area contributed by atoms with Crippen molar-refractivity contribution in [1.29, 1.82) is 0 Å². The number of rotatable bonds is 3. The zero-order valence-corrected chi connectivity index (χ0v) is 11.5. The van der Waals surface area contributed by atoms with Crippen molar-refractivity contribution >= 4 is 5.82 Å². The molecule has 6 heteroatoms. The number of nitrogens with two attached hydrogens (primary N) is 1. The average Bonchev–Trinajstić information content (AvgIpc) is 2.37. The first-order chi connectivity index (χ1) is 9.02. The molecule has 2 aromatic rings. The third-order valence-corrected chi connectivity index (χ3v) is 2.82. The van der Waals surface area contributed by atoms with Gasteiger partial charge < -0.3 is 10.5 Å². The normalized spacial score (nSPS) is 10.8. The fourth-order valence-electron chi connectivity index (χ4n) is 1.98. The minimum Gasteiger partial charge on any atom is -0.480 e. The van der Waals surface area contributed by atoms with Crippen LogP contribution in [0.4, 0.5) is 5.82 Å². The molecule has 0 aliphatic carbocycles. The molecule has 0 aliphatic heterocycles. The summed E-state index contributed by atoms with van der Waals surface area (Å²) in [5.41, 5.74) is 8.42. The van der Waals surface area contributed by atoms with Gasteiger partial charge in [0.2, 0.25) is 5.88 Å². The van der Waals surface area contributed by atoms with Crippen LogP contribution in [-0.2, 0) is 0 Å². The lowest BCUT2D eigenvalue weighted by molar-refractivity contribution is 0.392. The predicted molar refractivity (Wildman–Crippen MR) is 72.8 cm³/mol. The maximum Gasteiger partial charge on any atom is 0.233 e. The van der Waals surface area contributed by atoms with Crippen molar-refractivity contribution in [1.82, 2.24) is 20.2 Å². The van der Waals surface area contributed by atoms with Gasteiger partial charge in [-0.25, -0.2) is 9.97 Å². The Hall–Kier alpha value is -2.24. The van der Waals surface area contributed by atoms with Gasteiger partial charge in [-0.3, -0.25) is 0 Å². The van der Waals surface area contributed by atoms with Gasteiger partial charge in [-0.05, 0) is 18.9 Å². The van der Waals surface area contributed by atoms with Crippen LogP contribution in [0.3, 0.4) is 0 Å². The van der Waals surface area contributed by atoms with Gasteiger partial charge in [-0.2, -0.15) is 0 Å². The van der Waals surface area contributed by atoms with E-state index in [4.69, 9.17) is 10.5 Å². The molecule has 2 N–H and O–H groups in total. The molecule has 2 aromatic heterocycles. The first kappa shape index (κ1) is 13.2. The van der Waals surface area contributed by atoms with E-state index in [1.807, 2.05) is 6.92 Å². The van der Waals surface area contributed by atoms with E-state index < -0.39 is 0 Å². The second-order valence-corrected chi connectivity index (χ2v) is 4.55. The monoisotopic (exact) mass is 259 g/mol. The molecule has 100 valence electrons. The van der Waals surface area contributed by atoms with Crippen LogP contribution in [-0.4, -0.2) is 27.3 Å². The van der Waals surface area contributed by atoms with Crippen LogP contribution >= 0.6 is 0 Å². The van der Waals surface area contributed by atoms with Gasteiger partial charge in [0, 0.05) is 17.3 Å². The van der Waals surface area contributed by atoms with Crippen LogP contribution in [0.15, 0.2) is 12.1 Å². The van der Waals surface area contributed by atoms with Crippen LogP contribution in [0, 0.1) is 6.92 Å². The maximum atomic E-state index is 5.99. The topological polar surface area (TPSA) is 86.8 Å². The third-order valence-electron chi connectivity index (χ3n) is 2.82. The largest absolute Gasteiger partial charge is 0.480 e. The molecule has 0 spiro atoms. The second-order valence-electron chi connectivity index (χ2n) is 4.55. The van der Waals surface area contributed by atoms with Gasteiger partial charge in [0.05, 0.1) is 7.11 Å². The van der Waals surface area contributed by atoms with Crippen LogP contribution in [0.5, 0.6) is 5.88 Å². The lowest BCUT2D eigenvalue weighted by Crippen LogP contribution is -2.07. The van der Waals surface area contributed by atoms with Crippen LogP contribution in [0.25, 0.3) is 11.5 Å². The highest BCUT2D eigenvalue weighted by atomic mass is 16.5. The minimum atomic E-state index is 0.288. The van der Waals surface area contributed by atoms with E-state index in [1.54, 1.807) is 19.2 Å². The number of ether oxygens (including phenoxy) is 1. The second kappa shape index (κ2) is 5.17. The molecule has 2 heterocycles. The lowest BCUT2D eigenvalue weighted by Gasteiger charge is -2.12. The SMILES string of the molecule is COc1ccc(-c2nc(C)c(C(C)C)c(N)n2)nn1. The molecule has 0 saturated heterocycles. The van der Waals surface area contributed by atoms with E-state index >= 15 is 0 Å². The summed E-state index contributed by atoms with van der Waals surface area (Å²) in [7, 11) is 1.54. The van der Waals surface area contributed by atoms with Crippen LogP contribution in [0.1, 0.15) is 31.0 Å². The molecule has 0 fully saturated rings.